The molecule has 3 aromatic carbocycles. The van der Waals surface area contributed by atoms with Crippen LogP contribution < -0.4 is 11.5 Å². The highest BCUT2D eigenvalue weighted by molar-refractivity contribution is 6.03. The van der Waals surface area contributed by atoms with Gasteiger partial charge in [0.05, 0.1) is 5.56 Å². The summed E-state index contributed by atoms with van der Waals surface area (Å²) in [6.45, 7) is 0. The van der Waals surface area contributed by atoms with Crippen molar-refractivity contribution in [3.8, 4) is 0 Å². The molecule has 0 unspecified atom stereocenters. The molecule has 0 saturated carbocycles. The summed E-state index contributed by atoms with van der Waals surface area (Å²) in [5, 5.41) is 10.6. The number of hydrogen-bond acceptors (Lipinski definition) is 3. The van der Waals surface area contributed by atoms with Gasteiger partial charge >= 0.3 is 5.97 Å². The van der Waals surface area contributed by atoms with Crippen molar-refractivity contribution >= 4 is 28.1 Å². The molecule has 0 bridgehead atoms. The Bertz CT molecular complexity index is 726. The van der Waals surface area contributed by atoms with Crippen LogP contribution in [-0.2, 0) is 0 Å². The zero-order valence-electron chi connectivity index (χ0n) is 11.4. The van der Waals surface area contributed by atoms with Crippen molar-refractivity contribution < 1.29 is 9.90 Å². The van der Waals surface area contributed by atoms with Gasteiger partial charge in [0, 0.05) is 11.4 Å². The zero-order valence-corrected chi connectivity index (χ0v) is 11.4. The van der Waals surface area contributed by atoms with Crippen LogP contribution in [0.5, 0.6) is 0 Å². The molecule has 3 aromatic rings. The number of carboxylic acid groups (broad SMARTS) is 1. The lowest BCUT2D eigenvalue weighted by Gasteiger charge is -2.00. The normalized spacial score (nSPS) is 9.71. The lowest BCUT2D eigenvalue weighted by Crippen LogP contribution is -1.96. The van der Waals surface area contributed by atoms with Gasteiger partial charge in [-0.05, 0) is 41.1 Å². The van der Waals surface area contributed by atoms with Gasteiger partial charge in [0.25, 0.3) is 0 Å². The quantitative estimate of drug-likeness (QED) is 0.596. The second kappa shape index (κ2) is 6.43. The van der Waals surface area contributed by atoms with Gasteiger partial charge in [-0.1, -0.05) is 36.4 Å². The topological polar surface area (TPSA) is 89.3 Å². The lowest BCUT2D eigenvalue weighted by molar-refractivity contribution is 0.0699. The van der Waals surface area contributed by atoms with Gasteiger partial charge in [0.2, 0.25) is 0 Å². The van der Waals surface area contributed by atoms with Crippen molar-refractivity contribution in [3.05, 3.63) is 72.3 Å². The number of benzene rings is 3. The van der Waals surface area contributed by atoms with Gasteiger partial charge in [-0.3, -0.25) is 0 Å². The summed E-state index contributed by atoms with van der Waals surface area (Å²) < 4.78 is 0. The number of aromatic carboxylic acids is 1. The Hall–Kier alpha value is -3.01. The van der Waals surface area contributed by atoms with Crippen molar-refractivity contribution in [2.75, 3.05) is 11.5 Å². The smallest absolute Gasteiger partial charge is 0.336 e. The van der Waals surface area contributed by atoms with Crippen molar-refractivity contribution in [1.29, 1.82) is 0 Å². The van der Waals surface area contributed by atoms with Crippen LogP contribution in [0.2, 0.25) is 0 Å². The second-order valence-electron chi connectivity index (χ2n) is 4.50. The first kappa shape index (κ1) is 14.4. The van der Waals surface area contributed by atoms with Crippen molar-refractivity contribution in [3.63, 3.8) is 0 Å². The maximum Gasteiger partial charge on any atom is 0.336 e. The number of anilines is 2. The van der Waals surface area contributed by atoms with Gasteiger partial charge in [-0.2, -0.15) is 0 Å². The van der Waals surface area contributed by atoms with Crippen LogP contribution >= 0.6 is 0 Å². The lowest BCUT2D eigenvalue weighted by atomic mass is 10.1. The molecule has 5 N–H and O–H groups in total. The molecule has 0 atom stereocenters. The Balaban J connectivity index is 0.000000173. The van der Waals surface area contributed by atoms with E-state index in [-0.39, 0.29) is 0 Å². The van der Waals surface area contributed by atoms with Crippen molar-refractivity contribution in [1.82, 2.24) is 0 Å². The number of rotatable bonds is 1. The maximum atomic E-state index is 10.8. The molecule has 21 heavy (non-hydrogen) atoms. The van der Waals surface area contributed by atoms with E-state index in [2.05, 4.69) is 0 Å². The third-order valence-electron chi connectivity index (χ3n) is 2.96. The molecule has 0 aromatic heterocycles. The molecule has 0 aliphatic carbocycles. The fourth-order valence-corrected chi connectivity index (χ4v) is 1.91. The summed E-state index contributed by atoms with van der Waals surface area (Å²) in [6, 6.07) is 19.8. The van der Waals surface area contributed by atoms with Crippen LogP contribution in [0.15, 0.2) is 66.7 Å². The van der Waals surface area contributed by atoms with Crippen LogP contribution in [0.3, 0.4) is 0 Å². The molecule has 0 radical (unpaired) electrons. The fourth-order valence-electron chi connectivity index (χ4n) is 1.91. The predicted octanol–water partition coefficient (Wildman–Crippen LogP) is 3.39. The van der Waals surface area contributed by atoms with E-state index in [0.29, 0.717) is 5.56 Å². The molecule has 0 aliphatic rings. The number of carbonyl (C=O) groups is 1. The van der Waals surface area contributed by atoms with E-state index >= 15 is 0 Å². The summed E-state index contributed by atoms with van der Waals surface area (Å²) >= 11 is 0. The van der Waals surface area contributed by atoms with E-state index in [1.54, 1.807) is 36.4 Å². The molecule has 0 spiro atoms. The molecule has 0 saturated heterocycles. The Kier molecular flexibility index (Phi) is 4.41. The van der Waals surface area contributed by atoms with Gasteiger partial charge in [-0.15, -0.1) is 0 Å². The van der Waals surface area contributed by atoms with Crippen molar-refractivity contribution in [2.24, 2.45) is 0 Å². The molecule has 0 amide bonds. The highest BCUT2D eigenvalue weighted by Crippen LogP contribution is 2.17. The van der Waals surface area contributed by atoms with Crippen LogP contribution in [0, 0.1) is 0 Å². The zero-order chi connectivity index (χ0) is 15.2. The molecule has 0 aliphatic heterocycles. The van der Waals surface area contributed by atoms with Crippen LogP contribution in [-0.4, -0.2) is 11.1 Å². The summed E-state index contributed by atoms with van der Waals surface area (Å²) in [4.78, 5) is 10.8. The predicted molar refractivity (Wildman–Crippen MR) is 86.2 cm³/mol. The molecule has 0 heterocycles. The Morgan fingerprint density at radius 1 is 0.762 bits per heavy atom. The first-order chi connectivity index (χ1) is 10.1. The second-order valence-corrected chi connectivity index (χ2v) is 4.50. The third-order valence-corrected chi connectivity index (χ3v) is 2.96. The van der Waals surface area contributed by atoms with E-state index in [0.717, 1.165) is 22.1 Å². The third kappa shape index (κ3) is 3.73. The number of hydrogen-bond donors (Lipinski definition) is 3. The fraction of sp³-hybridized carbons (Fsp3) is 0. The Morgan fingerprint density at radius 3 is 1.86 bits per heavy atom. The highest BCUT2D eigenvalue weighted by atomic mass is 16.4. The largest absolute Gasteiger partial charge is 0.478 e. The maximum absolute atomic E-state index is 10.8. The van der Waals surface area contributed by atoms with Crippen LogP contribution in [0.25, 0.3) is 10.8 Å². The monoisotopic (exact) mass is 280 g/mol. The summed E-state index contributed by atoms with van der Waals surface area (Å²) in [5.74, 6) is -0.878. The Labute approximate surface area is 122 Å². The van der Waals surface area contributed by atoms with Gasteiger partial charge in [0.1, 0.15) is 0 Å². The molecule has 4 heteroatoms. The average molecular weight is 280 g/mol. The minimum Gasteiger partial charge on any atom is -0.478 e. The summed E-state index contributed by atoms with van der Waals surface area (Å²) in [7, 11) is 0. The molecule has 4 nitrogen and oxygen atoms in total. The highest BCUT2D eigenvalue weighted by Gasteiger charge is 2.05. The number of fused-ring (bicyclic) bond motifs is 1. The van der Waals surface area contributed by atoms with E-state index < -0.39 is 5.97 Å². The number of carboxylic acids is 1. The molecule has 3 rings (SSSR count). The van der Waals surface area contributed by atoms with Gasteiger partial charge < -0.3 is 16.6 Å². The summed E-state index contributed by atoms with van der Waals surface area (Å²) in [5.41, 5.74) is 12.6. The average Bonchev–Trinajstić information content (AvgIpc) is 2.50. The van der Waals surface area contributed by atoms with E-state index in [4.69, 9.17) is 16.6 Å². The first-order valence-corrected chi connectivity index (χ1v) is 6.40. The first-order valence-electron chi connectivity index (χ1n) is 6.40. The molecule has 0 fully saturated rings. The van der Waals surface area contributed by atoms with Gasteiger partial charge in [0.15, 0.2) is 0 Å². The minimum atomic E-state index is -0.878. The van der Waals surface area contributed by atoms with E-state index in [1.165, 1.54) is 0 Å². The number of nitrogen functional groups attached to an aromatic ring is 2. The number of nitrogens with two attached hydrogens (primary N) is 2. The van der Waals surface area contributed by atoms with E-state index in [1.807, 2.05) is 30.3 Å². The minimum absolute atomic E-state index is 0.359. The molecular formula is C17H16N2O2. The SMILES string of the molecule is Nc1ccc(N)cc1.O=C(O)c1cccc2ccccc12. The van der Waals surface area contributed by atoms with Crippen molar-refractivity contribution in [2.45, 2.75) is 0 Å². The molecular weight excluding hydrogens is 264 g/mol. The molecule has 106 valence electrons. The van der Waals surface area contributed by atoms with Gasteiger partial charge in [-0.25, -0.2) is 4.79 Å². The Morgan fingerprint density at radius 2 is 1.29 bits per heavy atom. The van der Waals surface area contributed by atoms with Crippen LogP contribution in [0.4, 0.5) is 11.4 Å². The summed E-state index contributed by atoms with van der Waals surface area (Å²) in [6.07, 6.45) is 0. The van der Waals surface area contributed by atoms with E-state index in [9.17, 15) is 4.79 Å². The standard InChI is InChI=1S/C11H8O2.C6H8N2/c12-11(13)10-7-3-5-8-4-1-2-6-9(8)10;7-5-1-2-6(8)4-3-5/h1-7H,(H,12,13);1-4H,7-8H2. The van der Waals surface area contributed by atoms with Crippen LogP contribution in [0.1, 0.15) is 10.4 Å².